The summed E-state index contributed by atoms with van der Waals surface area (Å²) in [6.45, 7) is 5.55. The van der Waals surface area contributed by atoms with Crippen LogP contribution in [0.3, 0.4) is 0 Å². The molecular weight excluding hydrogens is 369 g/mol. The van der Waals surface area contributed by atoms with E-state index in [9.17, 15) is 0 Å². The fourth-order valence-electron chi connectivity index (χ4n) is 3.35. The van der Waals surface area contributed by atoms with Crippen LogP contribution in [0.15, 0.2) is 35.6 Å². The second-order valence-corrected chi connectivity index (χ2v) is 7.38. The number of hydrogen-bond acceptors (Lipinski definition) is 2. The first-order valence-corrected chi connectivity index (χ1v) is 9.78. The van der Waals surface area contributed by atoms with Gasteiger partial charge >= 0.3 is 0 Å². The summed E-state index contributed by atoms with van der Waals surface area (Å²) in [6.07, 6.45) is 5.93. The summed E-state index contributed by atoms with van der Waals surface area (Å²) in [5.74, 6) is 1.47. The Morgan fingerprint density at radius 3 is 2.77 bits per heavy atom. The highest BCUT2D eigenvalue weighted by Gasteiger charge is 2.26. The normalized spacial score (nSPS) is 17.8. The third kappa shape index (κ3) is 4.51. The van der Waals surface area contributed by atoms with Gasteiger partial charge in [-0.05, 0) is 43.0 Å². The number of benzene rings is 1. The zero-order chi connectivity index (χ0) is 18.5. The van der Waals surface area contributed by atoms with Crippen molar-refractivity contribution in [1.29, 1.82) is 0 Å². The van der Waals surface area contributed by atoms with Crippen molar-refractivity contribution in [1.82, 2.24) is 20.0 Å². The van der Waals surface area contributed by atoms with Gasteiger partial charge in [0.15, 0.2) is 5.96 Å². The predicted molar refractivity (Wildman–Crippen MR) is 108 cm³/mol. The van der Waals surface area contributed by atoms with Crippen LogP contribution in [0.1, 0.15) is 30.4 Å². The van der Waals surface area contributed by atoms with Gasteiger partial charge in [-0.25, -0.2) is 0 Å². The molecule has 5 nitrogen and oxygen atoms in total. The largest absolute Gasteiger partial charge is 0.357 e. The Labute approximate surface area is 165 Å². The lowest BCUT2D eigenvalue weighted by Gasteiger charge is -2.21. The Morgan fingerprint density at radius 1 is 1.35 bits per heavy atom. The van der Waals surface area contributed by atoms with Gasteiger partial charge in [0, 0.05) is 55.4 Å². The van der Waals surface area contributed by atoms with Crippen LogP contribution in [0.2, 0.25) is 10.0 Å². The Hall–Kier alpha value is -1.72. The fraction of sp³-hybridized carbons (Fsp3) is 0.474. The Balaban J connectivity index is 1.64. The second-order valence-electron chi connectivity index (χ2n) is 6.56. The van der Waals surface area contributed by atoms with Gasteiger partial charge in [0.05, 0.1) is 6.20 Å². The number of aliphatic imine (C=N–C) groups is 1. The average molecular weight is 394 g/mol. The summed E-state index contributed by atoms with van der Waals surface area (Å²) >= 11 is 12.5. The third-order valence-corrected chi connectivity index (χ3v) is 5.41. The molecule has 0 saturated carbocycles. The van der Waals surface area contributed by atoms with Gasteiger partial charge in [-0.15, -0.1) is 0 Å². The lowest BCUT2D eigenvalue weighted by Crippen LogP contribution is -2.40. The number of nitrogens with one attached hydrogen (secondary N) is 1. The maximum atomic E-state index is 6.26. The van der Waals surface area contributed by atoms with Crippen LogP contribution in [0, 0.1) is 0 Å². The molecule has 1 fully saturated rings. The number of hydrogen-bond donors (Lipinski definition) is 1. The number of guanidine groups is 1. The quantitative estimate of drug-likeness (QED) is 0.621. The number of aromatic nitrogens is 2. The van der Waals surface area contributed by atoms with Gasteiger partial charge in [-0.3, -0.25) is 9.67 Å². The fourth-order valence-corrected chi connectivity index (χ4v) is 3.93. The highest BCUT2D eigenvalue weighted by molar-refractivity contribution is 6.35. The number of rotatable bonds is 5. The summed E-state index contributed by atoms with van der Waals surface area (Å²) in [5, 5.41) is 9.11. The van der Waals surface area contributed by atoms with Crippen LogP contribution in [0.25, 0.3) is 0 Å². The number of aryl methyl sites for hydroxylation is 1. The molecule has 1 saturated heterocycles. The Bertz CT molecular complexity index is 751. The van der Waals surface area contributed by atoms with Crippen LogP contribution < -0.4 is 5.32 Å². The molecule has 0 amide bonds. The Kier molecular flexibility index (Phi) is 6.43. The molecule has 2 aromatic rings. The van der Waals surface area contributed by atoms with Gasteiger partial charge in [-0.2, -0.15) is 5.10 Å². The summed E-state index contributed by atoms with van der Waals surface area (Å²) in [7, 11) is 1.96. The first-order chi connectivity index (χ1) is 12.6. The van der Waals surface area contributed by atoms with Crippen molar-refractivity contribution >= 4 is 29.2 Å². The maximum Gasteiger partial charge on any atom is 0.193 e. The van der Waals surface area contributed by atoms with E-state index in [0.717, 1.165) is 44.0 Å². The third-order valence-electron chi connectivity index (χ3n) is 4.70. The van der Waals surface area contributed by atoms with Crippen molar-refractivity contribution in [3.05, 3.63) is 51.8 Å². The van der Waals surface area contributed by atoms with E-state index in [1.54, 1.807) is 0 Å². The van der Waals surface area contributed by atoms with Crippen molar-refractivity contribution < 1.29 is 0 Å². The molecule has 0 bridgehead atoms. The van der Waals surface area contributed by atoms with E-state index in [2.05, 4.69) is 28.4 Å². The van der Waals surface area contributed by atoms with Gasteiger partial charge in [0.2, 0.25) is 0 Å². The zero-order valence-corrected chi connectivity index (χ0v) is 16.8. The van der Waals surface area contributed by atoms with Gasteiger partial charge < -0.3 is 10.2 Å². The minimum Gasteiger partial charge on any atom is -0.357 e. The number of halogens is 2. The number of nitrogens with zero attached hydrogens (tertiary/aromatic N) is 4. The van der Waals surface area contributed by atoms with Crippen LogP contribution >= 0.6 is 23.2 Å². The smallest absolute Gasteiger partial charge is 0.193 e. The zero-order valence-electron chi connectivity index (χ0n) is 15.3. The van der Waals surface area contributed by atoms with Crippen LogP contribution in [0.5, 0.6) is 0 Å². The lowest BCUT2D eigenvalue weighted by atomic mass is 10.0. The molecular formula is C19H25Cl2N5. The molecule has 1 unspecified atom stereocenters. The maximum absolute atomic E-state index is 6.26. The van der Waals surface area contributed by atoms with Crippen molar-refractivity contribution in [3.63, 3.8) is 0 Å². The van der Waals surface area contributed by atoms with Gasteiger partial charge in [0.25, 0.3) is 0 Å². The first-order valence-electron chi connectivity index (χ1n) is 9.03. The van der Waals surface area contributed by atoms with Gasteiger partial charge in [0.1, 0.15) is 0 Å². The van der Waals surface area contributed by atoms with Crippen LogP contribution in [0.4, 0.5) is 0 Å². The Morgan fingerprint density at radius 2 is 2.12 bits per heavy atom. The predicted octanol–water partition coefficient (Wildman–Crippen LogP) is 3.72. The highest BCUT2D eigenvalue weighted by atomic mass is 35.5. The summed E-state index contributed by atoms with van der Waals surface area (Å²) in [5.41, 5.74) is 2.26. The van der Waals surface area contributed by atoms with Crippen LogP contribution in [-0.2, 0) is 13.5 Å². The minimum absolute atomic E-state index is 0.505. The topological polar surface area (TPSA) is 45.5 Å². The van der Waals surface area contributed by atoms with E-state index in [0.29, 0.717) is 22.5 Å². The van der Waals surface area contributed by atoms with E-state index < -0.39 is 0 Å². The van der Waals surface area contributed by atoms with Crippen molar-refractivity contribution in [2.45, 2.75) is 25.7 Å². The van der Waals surface area contributed by atoms with Crippen molar-refractivity contribution in [2.24, 2.45) is 12.0 Å². The number of likely N-dealkylation sites (tertiary alicyclic amines) is 1. The molecule has 1 aliphatic rings. The van der Waals surface area contributed by atoms with E-state index in [4.69, 9.17) is 28.2 Å². The SMILES string of the molecule is CCNC(=NCCc1c(Cl)cccc1Cl)N1CCC(c2cnn(C)c2)C1. The molecule has 0 aliphatic carbocycles. The molecule has 2 heterocycles. The molecule has 1 aromatic heterocycles. The van der Waals surface area contributed by atoms with Crippen molar-refractivity contribution in [3.8, 4) is 0 Å². The van der Waals surface area contributed by atoms with E-state index in [1.807, 2.05) is 36.1 Å². The minimum atomic E-state index is 0.505. The second kappa shape index (κ2) is 8.78. The summed E-state index contributed by atoms with van der Waals surface area (Å²) < 4.78 is 1.87. The average Bonchev–Trinajstić information content (AvgIpc) is 3.25. The highest BCUT2D eigenvalue weighted by Crippen LogP contribution is 2.27. The molecule has 3 rings (SSSR count). The first kappa shape index (κ1) is 19.1. The van der Waals surface area contributed by atoms with Crippen molar-refractivity contribution in [2.75, 3.05) is 26.2 Å². The molecule has 26 heavy (non-hydrogen) atoms. The van der Waals surface area contributed by atoms with E-state index >= 15 is 0 Å². The molecule has 1 N–H and O–H groups in total. The summed E-state index contributed by atoms with van der Waals surface area (Å²) in [6, 6.07) is 5.61. The summed E-state index contributed by atoms with van der Waals surface area (Å²) in [4.78, 5) is 7.13. The van der Waals surface area contributed by atoms with E-state index in [-0.39, 0.29) is 0 Å². The molecule has 7 heteroatoms. The van der Waals surface area contributed by atoms with E-state index in [1.165, 1.54) is 5.56 Å². The molecule has 1 aromatic carbocycles. The van der Waals surface area contributed by atoms with Crippen LogP contribution in [-0.4, -0.2) is 46.8 Å². The molecule has 1 aliphatic heterocycles. The van der Waals surface area contributed by atoms with Gasteiger partial charge in [-0.1, -0.05) is 29.3 Å². The standard InChI is InChI=1S/C19H25Cl2N5/c1-3-22-19(23-9-7-16-17(20)5-4-6-18(16)21)26-10-8-14(13-26)15-11-24-25(2)12-15/h4-6,11-12,14H,3,7-10,13H2,1-2H3,(H,22,23). The lowest BCUT2D eigenvalue weighted by molar-refractivity contribution is 0.486. The monoisotopic (exact) mass is 393 g/mol. The molecule has 0 spiro atoms. The molecule has 1 atom stereocenters. The molecule has 0 radical (unpaired) electrons. The molecule has 140 valence electrons.